The topological polar surface area (TPSA) is 135 Å². The van der Waals surface area contributed by atoms with Gasteiger partial charge >= 0.3 is 0 Å². The molecule has 10 heteroatoms. The van der Waals surface area contributed by atoms with Crippen molar-refractivity contribution < 1.29 is 9.85 Å². The van der Waals surface area contributed by atoms with Gasteiger partial charge in [0.2, 0.25) is 0 Å². The van der Waals surface area contributed by atoms with Crippen molar-refractivity contribution in [1.82, 2.24) is 0 Å². The molecule has 0 heterocycles. The van der Waals surface area contributed by atoms with E-state index in [1.54, 1.807) is 48.5 Å². The van der Waals surface area contributed by atoms with Gasteiger partial charge in [0.05, 0.1) is 50.8 Å². The fourth-order valence-corrected chi connectivity index (χ4v) is 2.51. The first-order valence-corrected chi connectivity index (χ1v) is 8.69. The zero-order valence-corrected chi connectivity index (χ0v) is 15.5. The lowest BCUT2D eigenvalue weighted by Crippen LogP contribution is -2.03. The predicted molar refractivity (Wildman–Crippen MR) is 115 cm³/mol. The molecule has 0 atom stereocenters. The Kier molecular flexibility index (Phi) is 6.41. The SMILES string of the molecule is O=[N+]([O-])c1cc([N+](=O)[O-])c(/C=N/Nc2ccccc2)cc1/C=N/Nc1ccccc1. The summed E-state index contributed by atoms with van der Waals surface area (Å²) in [5.41, 5.74) is 6.18. The summed E-state index contributed by atoms with van der Waals surface area (Å²) in [5, 5.41) is 30.8. The molecule has 0 aliphatic rings. The van der Waals surface area contributed by atoms with Gasteiger partial charge in [0.15, 0.2) is 0 Å². The minimum Gasteiger partial charge on any atom is -0.279 e. The Bertz CT molecular complexity index is 1020. The van der Waals surface area contributed by atoms with Crippen molar-refractivity contribution in [3.63, 3.8) is 0 Å². The number of nitrogens with one attached hydrogen (secondary N) is 2. The van der Waals surface area contributed by atoms with E-state index in [9.17, 15) is 20.2 Å². The fourth-order valence-electron chi connectivity index (χ4n) is 2.51. The molecule has 0 unspecified atom stereocenters. The van der Waals surface area contributed by atoms with Gasteiger partial charge < -0.3 is 0 Å². The van der Waals surface area contributed by atoms with Gasteiger partial charge in [0, 0.05) is 0 Å². The van der Waals surface area contributed by atoms with Crippen LogP contribution in [0.25, 0.3) is 0 Å². The van der Waals surface area contributed by atoms with Crippen LogP contribution in [-0.4, -0.2) is 22.3 Å². The molecule has 3 rings (SSSR count). The lowest BCUT2D eigenvalue weighted by atomic mass is 10.1. The molecule has 0 radical (unpaired) electrons. The average molecular weight is 404 g/mol. The Morgan fingerprint density at radius 3 is 1.43 bits per heavy atom. The molecular weight excluding hydrogens is 388 g/mol. The lowest BCUT2D eigenvalue weighted by molar-refractivity contribution is -0.394. The number of hydrogen-bond acceptors (Lipinski definition) is 8. The van der Waals surface area contributed by atoms with E-state index in [1.807, 2.05) is 12.1 Å². The average Bonchev–Trinajstić information content (AvgIpc) is 2.75. The van der Waals surface area contributed by atoms with Crippen LogP contribution in [0, 0.1) is 20.2 Å². The molecule has 0 spiro atoms. The molecule has 150 valence electrons. The summed E-state index contributed by atoms with van der Waals surface area (Å²) in [6, 6.07) is 20.2. The second-order valence-corrected chi connectivity index (χ2v) is 5.96. The van der Waals surface area contributed by atoms with Crippen molar-refractivity contribution in [2.75, 3.05) is 10.9 Å². The molecule has 3 aromatic carbocycles. The molecule has 3 aromatic rings. The number of para-hydroxylation sites is 2. The van der Waals surface area contributed by atoms with E-state index in [4.69, 9.17) is 0 Å². The third kappa shape index (κ3) is 5.23. The van der Waals surface area contributed by atoms with Crippen molar-refractivity contribution >= 4 is 35.2 Å². The highest BCUT2D eigenvalue weighted by atomic mass is 16.6. The molecular formula is C20H16N6O4. The van der Waals surface area contributed by atoms with E-state index < -0.39 is 21.2 Å². The molecule has 2 N–H and O–H groups in total. The largest absolute Gasteiger partial charge is 0.285 e. The zero-order valence-electron chi connectivity index (χ0n) is 15.5. The molecule has 0 aromatic heterocycles. The maximum Gasteiger partial charge on any atom is 0.285 e. The van der Waals surface area contributed by atoms with Gasteiger partial charge in [-0.25, -0.2) is 0 Å². The third-order valence-corrected chi connectivity index (χ3v) is 3.91. The van der Waals surface area contributed by atoms with E-state index in [0.717, 1.165) is 6.07 Å². The van der Waals surface area contributed by atoms with Gasteiger partial charge in [-0.3, -0.25) is 31.1 Å². The Hall–Kier alpha value is -4.60. The number of benzene rings is 3. The number of nitro benzene ring substituents is 2. The molecule has 0 amide bonds. The van der Waals surface area contributed by atoms with E-state index in [0.29, 0.717) is 11.4 Å². The van der Waals surface area contributed by atoms with Gasteiger partial charge in [-0.15, -0.1) is 0 Å². The summed E-state index contributed by atoms with van der Waals surface area (Å²) in [7, 11) is 0. The van der Waals surface area contributed by atoms with Gasteiger partial charge in [0.25, 0.3) is 11.4 Å². The van der Waals surface area contributed by atoms with Crippen LogP contribution in [0.3, 0.4) is 0 Å². The first-order chi connectivity index (χ1) is 14.5. The monoisotopic (exact) mass is 404 g/mol. The molecule has 0 saturated heterocycles. The van der Waals surface area contributed by atoms with Gasteiger partial charge in [-0.1, -0.05) is 36.4 Å². The molecule has 30 heavy (non-hydrogen) atoms. The van der Waals surface area contributed by atoms with E-state index in [1.165, 1.54) is 18.5 Å². The first kappa shape index (κ1) is 20.1. The number of anilines is 2. The number of nitro groups is 2. The van der Waals surface area contributed by atoms with Crippen LogP contribution in [0.15, 0.2) is 83.0 Å². The molecule has 10 nitrogen and oxygen atoms in total. The van der Waals surface area contributed by atoms with Gasteiger partial charge in [0.1, 0.15) is 0 Å². The van der Waals surface area contributed by atoms with Crippen LogP contribution < -0.4 is 10.9 Å². The van der Waals surface area contributed by atoms with Crippen molar-refractivity contribution in [2.45, 2.75) is 0 Å². The first-order valence-electron chi connectivity index (χ1n) is 8.69. The quantitative estimate of drug-likeness (QED) is 0.325. The molecule has 0 saturated carbocycles. The lowest BCUT2D eigenvalue weighted by Gasteiger charge is -2.03. The van der Waals surface area contributed by atoms with Crippen molar-refractivity contribution in [1.29, 1.82) is 0 Å². The highest BCUT2D eigenvalue weighted by Crippen LogP contribution is 2.27. The Labute approximate surface area is 170 Å². The normalized spacial score (nSPS) is 10.9. The predicted octanol–water partition coefficient (Wildman–Crippen LogP) is 4.40. The summed E-state index contributed by atoms with van der Waals surface area (Å²) >= 11 is 0. The van der Waals surface area contributed by atoms with Crippen LogP contribution >= 0.6 is 0 Å². The Balaban J connectivity index is 1.91. The third-order valence-electron chi connectivity index (χ3n) is 3.91. The molecule has 0 aliphatic carbocycles. The van der Waals surface area contributed by atoms with Crippen molar-refractivity contribution in [2.24, 2.45) is 10.2 Å². The summed E-state index contributed by atoms with van der Waals surface area (Å²) in [6.07, 6.45) is 2.47. The zero-order chi connectivity index (χ0) is 21.3. The number of hydrazone groups is 2. The second-order valence-electron chi connectivity index (χ2n) is 5.96. The summed E-state index contributed by atoms with van der Waals surface area (Å²) in [6.45, 7) is 0. The van der Waals surface area contributed by atoms with E-state index >= 15 is 0 Å². The summed E-state index contributed by atoms with van der Waals surface area (Å²) < 4.78 is 0. The van der Waals surface area contributed by atoms with Crippen LogP contribution in [0.4, 0.5) is 22.7 Å². The molecule has 0 bridgehead atoms. The van der Waals surface area contributed by atoms with Crippen LogP contribution in [-0.2, 0) is 0 Å². The van der Waals surface area contributed by atoms with E-state index in [-0.39, 0.29) is 11.1 Å². The van der Waals surface area contributed by atoms with Gasteiger partial charge in [-0.05, 0) is 30.3 Å². The number of rotatable bonds is 8. The Morgan fingerprint density at radius 1 is 0.667 bits per heavy atom. The van der Waals surface area contributed by atoms with Crippen molar-refractivity contribution in [3.8, 4) is 0 Å². The van der Waals surface area contributed by atoms with E-state index in [2.05, 4.69) is 21.1 Å². The minimum atomic E-state index is -0.694. The Morgan fingerprint density at radius 2 is 1.07 bits per heavy atom. The highest BCUT2D eigenvalue weighted by Gasteiger charge is 2.23. The molecule has 0 aliphatic heterocycles. The second kappa shape index (κ2) is 9.55. The summed E-state index contributed by atoms with van der Waals surface area (Å²) in [5.74, 6) is 0. The fraction of sp³-hybridized carbons (Fsp3) is 0. The standard InChI is InChI=1S/C20H16N6O4/c27-25(28)19-12-20(26(29)30)16(14-22-24-18-9-5-2-6-10-18)11-15(19)13-21-23-17-7-3-1-4-8-17/h1-14,23-24H/b21-13+,22-14+. The maximum absolute atomic E-state index is 11.4. The maximum atomic E-state index is 11.4. The molecule has 0 fully saturated rings. The van der Waals surface area contributed by atoms with Gasteiger partial charge in [-0.2, -0.15) is 10.2 Å². The van der Waals surface area contributed by atoms with Crippen LogP contribution in [0.5, 0.6) is 0 Å². The highest BCUT2D eigenvalue weighted by molar-refractivity contribution is 5.94. The summed E-state index contributed by atoms with van der Waals surface area (Å²) in [4.78, 5) is 21.4. The smallest absolute Gasteiger partial charge is 0.279 e. The van der Waals surface area contributed by atoms with Crippen molar-refractivity contribution in [3.05, 3.63) is 104 Å². The van der Waals surface area contributed by atoms with Crippen LogP contribution in [0.2, 0.25) is 0 Å². The minimum absolute atomic E-state index is 0.0928. The number of nitrogens with zero attached hydrogens (tertiary/aromatic N) is 4. The number of hydrogen-bond donors (Lipinski definition) is 2. The van der Waals surface area contributed by atoms with Crippen LogP contribution in [0.1, 0.15) is 11.1 Å².